The van der Waals surface area contributed by atoms with E-state index in [1.54, 1.807) is 0 Å². The quantitative estimate of drug-likeness (QED) is 0.611. The maximum absolute atomic E-state index is 5.05. The SMILES string of the molecule is CSCCCCNC1COC1. The lowest BCUT2D eigenvalue weighted by Crippen LogP contribution is -2.46. The van der Waals surface area contributed by atoms with Crippen LogP contribution in [0.4, 0.5) is 0 Å². The van der Waals surface area contributed by atoms with Crippen molar-refractivity contribution in [2.24, 2.45) is 0 Å². The van der Waals surface area contributed by atoms with Crippen LogP contribution in [0, 0.1) is 0 Å². The Morgan fingerprint density at radius 1 is 1.45 bits per heavy atom. The predicted octanol–water partition coefficient (Wildman–Crippen LogP) is 1.12. The van der Waals surface area contributed by atoms with Crippen molar-refractivity contribution < 1.29 is 4.74 Å². The van der Waals surface area contributed by atoms with Crippen molar-refractivity contribution in [2.75, 3.05) is 31.8 Å². The first-order chi connectivity index (χ1) is 5.43. The molecule has 0 aromatic rings. The van der Waals surface area contributed by atoms with Crippen LogP contribution >= 0.6 is 11.8 Å². The number of ether oxygens (including phenoxy) is 1. The van der Waals surface area contributed by atoms with E-state index in [2.05, 4.69) is 11.6 Å². The maximum atomic E-state index is 5.05. The van der Waals surface area contributed by atoms with Crippen molar-refractivity contribution in [3.8, 4) is 0 Å². The highest BCUT2D eigenvalue weighted by Crippen LogP contribution is 2.01. The zero-order valence-electron chi connectivity index (χ0n) is 7.14. The molecule has 0 unspecified atom stereocenters. The van der Waals surface area contributed by atoms with E-state index in [9.17, 15) is 0 Å². The van der Waals surface area contributed by atoms with Gasteiger partial charge in [-0.05, 0) is 31.4 Å². The molecule has 0 atom stereocenters. The van der Waals surface area contributed by atoms with Crippen LogP contribution in [-0.4, -0.2) is 37.8 Å². The third-order valence-corrected chi connectivity index (χ3v) is 2.54. The zero-order chi connectivity index (χ0) is 7.94. The monoisotopic (exact) mass is 175 g/mol. The third kappa shape index (κ3) is 3.99. The normalized spacial score (nSPS) is 18.3. The van der Waals surface area contributed by atoms with Gasteiger partial charge in [-0.1, -0.05) is 0 Å². The molecule has 1 aliphatic heterocycles. The van der Waals surface area contributed by atoms with Crippen molar-refractivity contribution in [1.29, 1.82) is 0 Å². The van der Waals surface area contributed by atoms with E-state index in [1.807, 2.05) is 11.8 Å². The summed E-state index contributed by atoms with van der Waals surface area (Å²) in [6.45, 7) is 3.00. The Bertz CT molecular complexity index is 96.1. The minimum absolute atomic E-state index is 0.657. The van der Waals surface area contributed by atoms with Crippen molar-refractivity contribution in [3.05, 3.63) is 0 Å². The average Bonchev–Trinajstić information content (AvgIpc) is 1.93. The van der Waals surface area contributed by atoms with Crippen LogP contribution in [0.3, 0.4) is 0 Å². The second kappa shape index (κ2) is 5.86. The van der Waals surface area contributed by atoms with Gasteiger partial charge in [-0.2, -0.15) is 11.8 Å². The van der Waals surface area contributed by atoms with E-state index in [1.165, 1.54) is 18.6 Å². The van der Waals surface area contributed by atoms with Crippen LogP contribution in [-0.2, 0) is 4.74 Å². The topological polar surface area (TPSA) is 21.3 Å². The molecule has 0 spiro atoms. The lowest BCUT2D eigenvalue weighted by atomic mass is 10.2. The number of thioether (sulfide) groups is 1. The van der Waals surface area contributed by atoms with E-state index in [0.717, 1.165) is 19.8 Å². The molecule has 1 aliphatic rings. The molecule has 0 amide bonds. The largest absolute Gasteiger partial charge is 0.378 e. The van der Waals surface area contributed by atoms with Crippen LogP contribution in [0.5, 0.6) is 0 Å². The van der Waals surface area contributed by atoms with Gasteiger partial charge in [0, 0.05) is 0 Å². The molecule has 0 aromatic carbocycles. The molecule has 0 aliphatic carbocycles. The summed E-state index contributed by atoms with van der Waals surface area (Å²) in [5, 5.41) is 3.44. The molecule has 1 N–H and O–H groups in total. The van der Waals surface area contributed by atoms with Crippen molar-refractivity contribution in [1.82, 2.24) is 5.32 Å². The Kier molecular flexibility index (Phi) is 4.99. The van der Waals surface area contributed by atoms with Crippen molar-refractivity contribution in [2.45, 2.75) is 18.9 Å². The molecule has 3 heteroatoms. The molecule has 0 aromatic heterocycles. The first kappa shape index (κ1) is 9.36. The molecule has 1 heterocycles. The molecule has 0 saturated carbocycles. The fourth-order valence-corrected chi connectivity index (χ4v) is 1.52. The fraction of sp³-hybridized carbons (Fsp3) is 1.00. The highest BCUT2D eigenvalue weighted by Gasteiger charge is 2.16. The number of unbranched alkanes of at least 4 members (excludes halogenated alkanes) is 1. The fourth-order valence-electron chi connectivity index (χ4n) is 1.03. The summed E-state index contributed by atoms with van der Waals surface area (Å²) in [5.41, 5.74) is 0. The molecule has 1 saturated heterocycles. The second-order valence-electron chi connectivity index (χ2n) is 2.89. The van der Waals surface area contributed by atoms with Gasteiger partial charge in [0.05, 0.1) is 19.3 Å². The Morgan fingerprint density at radius 3 is 2.82 bits per heavy atom. The third-order valence-electron chi connectivity index (χ3n) is 1.85. The minimum Gasteiger partial charge on any atom is -0.378 e. The molecule has 2 nitrogen and oxygen atoms in total. The Hall–Kier alpha value is 0.270. The van der Waals surface area contributed by atoms with E-state index >= 15 is 0 Å². The van der Waals surface area contributed by atoms with Gasteiger partial charge >= 0.3 is 0 Å². The maximum Gasteiger partial charge on any atom is 0.0643 e. The summed E-state index contributed by atoms with van der Waals surface area (Å²) >= 11 is 1.93. The van der Waals surface area contributed by atoms with E-state index < -0.39 is 0 Å². The Balaban J connectivity index is 1.73. The van der Waals surface area contributed by atoms with Gasteiger partial charge in [-0.3, -0.25) is 0 Å². The van der Waals surface area contributed by atoms with Crippen molar-refractivity contribution >= 4 is 11.8 Å². The molecular weight excluding hydrogens is 158 g/mol. The molecule has 1 fully saturated rings. The summed E-state index contributed by atoms with van der Waals surface area (Å²) in [5.74, 6) is 1.29. The molecule has 11 heavy (non-hydrogen) atoms. The van der Waals surface area contributed by atoms with Gasteiger partial charge in [0.15, 0.2) is 0 Å². The van der Waals surface area contributed by atoms with Gasteiger partial charge in [0.1, 0.15) is 0 Å². The van der Waals surface area contributed by atoms with Crippen LogP contribution in [0.15, 0.2) is 0 Å². The van der Waals surface area contributed by atoms with Crippen LogP contribution in [0.25, 0.3) is 0 Å². The predicted molar refractivity (Wildman–Crippen MR) is 50.2 cm³/mol. The summed E-state index contributed by atoms with van der Waals surface area (Å²) < 4.78 is 5.05. The molecular formula is C8H17NOS. The molecule has 0 bridgehead atoms. The zero-order valence-corrected chi connectivity index (χ0v) is 7.95. The summed E-state index contributed by atoms with van der Waals surface area (Å²) in [7, 11) is 0. The van der Waals surface area contributed by atoms with Gasteiger partial charge < -0.3 is 10.1 Å². The van der Waals surface area contributed by atoms with Crippen LogP contribution in [0.1, 0.15) is 12.8 Å². The van der Waals surface area contributed by atoms with E-state index in [0.29, 0.717) is 6.04 Å². The molecule has 66 valence electrons. The van der Waals surface area contributed by atoms with E-state index in [-0.39, 0.29) is 0 Å². The Labute approximate surface area is 73.1 Å². The molecule has 0 radical (unpaired) electrons. The van der Waals surface area contributed by atoms with Crippen LogP contribution in [0.2, 0.25) is 0 Å². The first-order valence-corrected chi connectivity index (χ1v) is 5.63. The summed E-state index contributed by atoms with van der Waals surface area (Å²) in [6, 6.07) is 0.657. The lowest BCUT2D eigenvalue weighted by Gasteiger charge is -2.26. The Morgan fingerprint density at radius 2 is 2.27 bits per heavy atom. The highest BCUT2D eigenvalue weighted by atomic mass is 32.2. The first-order valence-electron chi connectivity index (χ1n) is 4.23. The molecule has 1 rings (SSSR count). The smallest absolute Gasteiger partial charge is 0.0643 e. The average molecular weight is 175 g/mol. The summed E-state index contributed by atoms with van der Waals surface area (Å²) in [4.78, 5) is 0. The standard InChI is InChI=1S/C8H17NOS/c1-11-5-3-2-4-9-8-6-10-7-8/h8-9H,2-7H2,1H3. The van der Waals surface area contributed by atoms with Crippen LogP contribution < -0.4 is 5.32 Å². The number of hydrogen-bond donors (Lipinski definition) is 1. The van der Waals surface area contributed by atoms with Gasteiger partial charge in [-0.25, -0.2) is 0 Å². The minimum atomic E-state index is 0.657. The lowest BCUT2D eigenvalue weighted by molar-refractivity contribution is -0.00491. The van der Waals surface area contributed by atoms with Gasteiger partial charge in [-0.15, -0.1) is 0 Å². The number of nitrogens with one attached hydrogen (secondary N) is 1. The number of hydrogen-bond acceptors (Lipinski definition) is 3. The van der Waals surface area contributed by atoms with E-state index in [4.69, 9.17) is 4.74 Å². The highest BCUT2D eigenvalue weighted by molar-refractivity contribution is 7.98. The summed E-state index contributed by atoms with van der Waals surface area (Å²) in [6.07, 6.45) is 4.80. The number of rotatable bonds is 6. The van der Waals surface area contributed by atoms with Gasteiger partial charge in [0.25, 0.3) is 0 Å². The van der Waals surface area contributed by atoms with Gasteiger partial charge in [0.2, 0.25) is 0 Å². The van der Waals surface area contributed by atoms with Crippen molar-refractivity contribution in [3.63, 3.8) is 0 Å². The second-order valence-corrected chi connectivity index (χ2v) is 3.87.